The van der Waals surface area contributed by atoms with Gasteiger partial charge in [-0.05, 0) is 18.2 Å². The molecule has 0 atom stereocenters. The second-order valence-corrected chi connectivity index (χ2v) is 5.73. The van der Waals surface area contributed by atoms with E-state index in [1.165, 1.54) is 31.3 Å². The van der Waals surface area contributed by atoms with Crippen molar-refractivity contribution in [1.82, 2.24) is 0 Å². The van der Waals surface area contributed by atoms with Crippen molar-refractivity contribution in [2.24, 2.45) is 4.99 Å². The second-order valence-electron chi connectivity index (χ2n) is 5.73. The van der Waals surface area contributed by atoms with Crippen molar-refractivity contribution in [2.75, 3.05) is 32.7 Å². The van der Waals surface area contributed by atoms with Gasteiger partial charge in [-0.25, -0.2) is 4.79 Å². The van der Waals surface area contributed by atoms with Crippen LogP contribution in [-0.2, 0) is 4.79 Å². The summed E-state index contributed by atoms with van der Waals surface area (Å²) in [4.78, 5) is 29.6. The first-order valence-electron chi connectivity index (χ1n) is 7.87. The van der Waals surface area contributed by atoms with Crippen molar-refractivity contribution in [3.63, 3.8) is 0 Å². The molecule has 2 aromatic rings. The molecule has 7 heteroatoms. The van der Waals surface area contributed by atoms with E-state index >= 15 is 0 Å². The second kappa shape index (κ2) is 6.87. The Bertz CT molecular complexity index is 920. The summed E-state index contributed by atoms with van der Waals surface area (Å²) >= 11 is 0. The van der Waals surface area contributed by atoms with Gasteiger partial charge in [-0.1, -0.05) is 12.1 Å². The van der Waals surface area contributed by atoms with E-state index in [4.69, 9.17) is 9.47 Å². The number of likely N-dealkylation sites (N-methyl/N-ethyl adjacent to an activating group) is 1. The number of hydrogen-bond acceptors (Lipinski definition) is 5. The summed E-state index contributed by atoms with van der Waals surface area (Å²) in [7, 11) is 4.71. The highest BCUT2D eigenvalue weighted by atomic mass is 16.5. The minimum Gasteiger partial charge on any atom is -0.493 e. The Morgan fingerprint density at radius 3 is 2.50 bits per heavy atom. The Labute approximate surface area is 150 Å². The molecular weight excluding hydrogens is 336 g/mol. The minimum absolute atomic E-state index is 0.0392. The number of hydrogen-bond donors (Lipinski definition) is 1. The number of benzodiazepines with no additional fused rings is 1. The first-order chi connectivity index (χ1) is 12.5. The highest BCUT2D eigenvalue weighted by molar-refractivity contribution is 6.20. The van der Waals surface area contributed by atoms with Gasteiger partial charge in [0.25, 0.3) is 0 Å². The lowest BCUT2D eigenvalue weighted by atomic mass is 9.98. The van der Waals surface area contributed by atoms with Crippen LogP contribution in [0, 0.1) is 0 Å². The number of benzene rings is 2. The average molecular weight is 354 g/mol. The van der Waals surface area contributed by atoms with Crippen molar-refractivity contribution in [3.05, 3.63) is 53.1 Å². The van der Waals surface area contributed by atoms with Crippen LogP contribution in [0.1, 0.15) is 21.5 Å². The monoisotopic (exact) mass is 354 g/mol. The lowest BCUT2D eigenvalue weighted by Gasteiger charge is -2.20. The molecule has 3 rings (SSSR count). The van der Waals surface area contributed by atoms with Crippen LogP contribution >= 0.6 is 0 Å². The third kappa shape index (κ3) is 2.99. The number of carboxylic acid groups (broad SMARTS) is 1. The maximum Gasteiger partial charge on any atom is 0.335 e. The highest BCUT2D eigenvalue weighted by Crippen LogP contribution is 2.37. The van der Waals surface area contributed by atoms with Crippen molar-refractivity contribution in [1.29, 1.82) is 0 Å². The smallest absolute Gasteiger partial charge is 0.335 e. The summed E-state index contributed by atoms with van der Waals surface area (Å²) in [6, 6.07) is 9.93. The lowest BCUT2D eigenvalue weighted by Crippen LogP contribution is -2.27. The average Bonchev–Trinajstić information content (AvgIpc) is 2.77. The van der Waals surface area contributed by atoms with Crippen molar-refractivity contribution in [2.45, 2.75) is 0 Å². The van der Waals surface area contributed by atoms with Gasteiger partial charge in [0.2, 0.25) is 5.91 Å². The maximum absolute atomic E-state index is 12.3. The van der Waals surface area contributed by atoms with Crippen molar-refractivity contribution < 1.29 is 24.2 Å². The molecule has 134 valence electrons. The van der Waals surface area contributed by atoms with Crippen LogP contribution in [0.3, 0.4) is 0 Å². The molecule has 1 N–H and O–H groups in total. The van der Waals surface area contributed by atoms with E-state index in [-0.39, 0.29) is 18.0 Å². The van der Waals surface area contributed by atoms with Crippen LogP contribution < -0.4 is 14.4 Å². The normalized spacial score (nSPS) is 13.6. The summed E-state index contributed by atoms with van der Waals surface area (Å²) in [5.74, 6) is -0.216. The molecular formula is C19H18N2O5. The first-order valence-corrected chi connectivity index (χ1v) is 7.87. The molecule has 1 amide bonds. The van der Waals surface area contributed by atoms with Crippen LogP contribution in [0.5, 0.6) is 11.5 Å². The summed E-state index contributed by atoms with van der Waals surface area (Å²) < 4.78 is 10.7. The Balaban J connectivity index is 2.25. The zero-order valence-corrected chi connectivity index (χ0v) is 14.6. The number of carboxylic acids is 1. The molecule has 1 heterocycles. The third-order valence-electron chi connectivity index (χ3n) is 4.25. The molecule has 0 unspecified atom stereocenters. The molecule has 0 bridgehead atoms. The fourth-order valence-electron chi connectivity index (χ4n) is 2.85. The van der Waals surface area contributed by atoms with E-state index in [0.717, 1.165) is 0 Å². The summed E-state index contributed by atoms with van der Waals surface area (Å²) in [6.45, 7) is -0.0392. The number of carbonyl (C=O) groups excluding carboxylic acids is 1. The molecule has 0 saturated heterocycles. The standard InChI is InChI=1S/C19H18N2O5/c1-21-14-9-16(26-3)15(25-2)8-13(14)18(20-10-17(21)22)11-5-4-6-12(7-11)19(23)24/h4-9H,10H2,1-3H3,(H,23,24). The number of fused-ring (bicyclic) bond motifs is 1. The molecule has 0 radical (unpaired) electrons. The van der Waals surface area contributed by atoms with Gasteiger partial charge in [0.15, 0.2) is 11.5 Å². The molecule has 0 aliphatic carbocycles. The first kappa shape index (κ1) is 17.5. The zero-order chi connectivity index (χ0) is 18.8. The van der Waals surface area contributed by atoms with Crippen LogP contribution in [-0.4, -0.2) is 50.5 Å². The minimum atomic E-state index is -1.03. The fourth-order valence-corrected chi connectivity index (χ4v) is 2.85. The molecule has 26 heavy (non-hydrogen) atoms. The number of anilines is 1. The lowest BCUT2D eigenvalue weighted by molar-refractivity contribution is -0.116. The van der Waals surface area contributed by atoms with Crippen LogP contribution in [0.4, 0.5) is 5.69 Å². The van der Waals surface area contributed by atoms with Gasteiger partial charge in [-0.2, -0.15) is 0 Å². The quantitative estimate of drug-likeness (QED) is 0.909. The van der Waals surface area contributed by atoms with Gasteiger partial charge in [0.1, 0.15) is 6.54 Å². The zero-order valence-electron chi connectivity index (χ0n) is 14.6. The summed E-state index contributed by atoms with van der Waals surface area (Å²) in [5.41, 5.74) is 2.57. The SMILES string of the molecule is COc1cc2c(cc1OC)N(C)C(=O)CN=C2c1cccc(C(=O)O)c1. The van der Waals surface area contributed by atoms with Crippen molar-refractivity contribution in [3.8, 4) is 11.5 Å². The molecule has 2 aromatic carbocycles. The summed E-state index contributed by atoms with van der Waals surface area (Å²) in [6.07, 6.45) is 0. The Hall–Kier alpha value is -3.35. The largest absolute Gasteiger partial charge is 0.493 e. The van der Waals surface area contributed by atoms with Crippen molar-refractivity contribution >= 4 is 23.3 Å². The Morgan fingerprint density at radius 1 is 1.15 bits per heavy atom. The number of aromatic carboxylic acids is 1. The maximum atomic E-state index is 12.3. The van der Waals surface area contributed by atoms with Gasteiger partial charge >= 0.3 is 5.97 Å². The Kier molecular flexibility index (Phi) is 4.62. The number of carbonyl (C=O) groups is 2. The van der Waals surface area contributed by atoms with Gasteiger partial charge in [0, 0.05) is 24.2 Å². The predicted octanol–water partition coefficient (Wildman–Crippen LogP) is 2.22. The molecule has 0 aromatic heterocycles. The predicted molar refractivity (Wildman–Crippen MR) is 96.9 cm³/mol. The molecule has 0 fully saturated rings. The van der Waals surface area contributed by atoms with Gasteiger partial charge < -0.3 is 19.5 Å². The molecule has 7 nitrogen and oxygen atoms in total. The van der Waals surface area contributed by atoms with Crippen LogP contribution in [0.15, 0.2) is 41.4 Å². The Morgan fingerprint density at radius 2 is 1.85 bits per heavy atom. The number of aliphatic imine (C=N–C) groups is 1. The molecule has 1 aliphatic rings. The van der Waals surface area contributed by atoms with E-state index in [1.54, 1.807) is 31.3 Å². The number of nitrogens with zero attached hydrogens (tertiary/aromatic N) is 2. The number of amides is 1. The topological polar surface area (TPSA) is 88.4 Å². The van der Waals surface area contributed by atoms with E-state index in [1.807, 2.05) is 0 Å². The van der Waals surface area contributed by atoms with Crippen LogP contribution in [0.25, 0.3) is 0 Å². The van der Waals surface area contributed by atoms with Gasteiger partial charge in [0.05, 0.1) is 31.2 Å². The van der Waals surface area contributed by atoms with E-state index in [2.05, 4.69) is 4.99 Å². The van der Waals surface area contributed by atoms with E-state index in [0.29, 0.717) is 34.0 Å². The van der Waals surface area contributed by atoms with E-state index < -0.39 is 5.97 Å². The molecule has 0 spiro atoms. The number of rotatable bonds is 4. The fraction of sp³-hybridized carbons (Fsp3) is 0.211. The molecule has 0 saturated carbocycles. The van der Waals surface area contributed by atoms with E-state index in [9.17, 15) is 14.7 Å². The van der Waals surface area contributed by atoms with Crippen LogP contribution in [0.2, 0.25) is 0 Å². The summed E-state index contributed by atoms with van der Waals surface area (Å²) in [5, 5.41) is 9.25. The van der Waals surface area contributed by atoms with Gasteiger partial charge in [-0.3, -0.25) is 9.79 Å². The number of methoxy groups -OCH3 is 2. The third-order valence-corrected chi connectivity index (χ3v) is 4.25. The van der Waals surface area contributed by atoms with Gasteiger partial charge in [-0.15, -0.1) is 0 Å². The number of ether oxygens (including phenoxy) is 2. The molecule has 1 aliphatic heterocycles. The highest BCUT2D eigenvalue weighted by Gasteiger charge is 2.25.